The highest BCUT2D eigenvalue weighted by atomic mass is 16.5. The Balaban J connectivity index is 1.62. The molecule has 138 valence electrons. The predicted molar refractivity (Wildman–Crippen MR) is 105 cm³/mol. The van der Waals surface area contributed by atoms with Crippen LogP contribution in [0, 0.1) is 13.8 Å². The van der Waals surface area contributed by atoms with E-state index in [1.54, 1.807) is 7.11 Å². The number of ether oxygens (including phenoxy) is 1. The van der Waals surface area contributed by atoms with E-state index in [0.717, 1.165) is 56.0 Å². The summed E-state index contributed by atoms with van der Waals surface area (Å²) < 4.78 is 5.22. The van der Waals surface area contributed by atoms with E-state index in [-0.39, 0.29) is 5.91 Å². The zero-order valence-electron chi connectivity index (χ0n) is 16.0. The first kappa shape index (κ1) is 18.5. The van der Waals surface area contributed by atoms with Crippen molar-refractivity contribution in [3.63, 3.8) is 0 Å². The second-order valence-corrected chi connectivity index (χ2v) is 7.02. The second kappa shape index (κ2) is 8.37. The molecule has 2 aromatic carbocycles. The molecule has 0 atom stereocenters. The number of carbonyl (C=O) groups is 1. The summed E-state index contributed by atoms with van der Waals surface area (Å²) in [5, 5.41) is 0. The van der Waals surface area contributed by atoms with Gasteiger partial charge in [-0.15, -0.1) is 0 Å². The van der Waals surface area contributed by atoms with Gasteiger partial charge >= 0.3 is 0 Å². The van der Waals surface area contributed by atoms with Gasteiger partial charge in [-0.25, -0.2) is 0 Å². The molecule has 0 saturated carbocycles. The van der Waals surface area contributed by atoms with Crippen LogP contribution in [0.15, 0.2) is 42.5 Å². The van der Waals surface area contributed by atoms with Crippen molar-refractivity contribution in [2.75, 3.05) is 33.3 Å². The molecule has 4 heteroatoms. The zero-order valence-corrected chi connectivity index (χ0v) is 16.0. The molecule has 1 aliphatic rings. The van der Waals surface area contributed by atoms with Crippen molar-refractivity contribution in [3.8, 4) is 5.75 Å². The summed E-state index contributed by atoms with van der Waals surface area (Å²) in [7, 11) is 1.69. The fourth-order valence-electron chi connectivity index (χ4n) is 3.47. The summed E-state index contributed by atoms with van der Waals surface area (Å²) in [6.45, 7) is 8.54. The molecular formula is C22H28N2O2. The first-order valence-electron chi connectivity index (χ1n) is 9.29. The highest BCUT2D eigenvalue weighted by Crippen LogP contribution is 2.18. The molecule has 0 bridgehead atoms. The number of aryl methyl sites for hydroxylation is 1. The number of hydrogen-bond donors (Lipinski definition) is 0. The molecule has 1 fully saturated rings. The maximum Gasteiger partial charge on any atom is 0.254 e. The van der Waals surface area contributed by atoms with E-state index in [0.29, 0.717) is 0 Å². The third-order valence-electron chi connectivity index (χ3n) is 5.28. The summed E-state index contributed by atoms with van der Waals surface area (Å²) in [5.74, 6) is 1.05. The third-order valence-corrected chi connectivity index (χ3v) is 5.28. The van der Waals surface area contributed by atoms with Gasteiger partial charge in [-0.05, 0) is 55.2 Å². The van der Waals surface area contributed by atoms with Gasteiger partial charge in [0.25, 0.3) is 5.91 Å². The molecule has 1 heterocycles. The minimum absolute atomic E-state index is 0.164. The first-order valence-corrected chi connectivity index (χ1v) is 9.29. The second-order valence-electron chi connectivity index (χ2n) is 7.02. The van der Waals surface area contributed by atoms with Crippen molar-refractivity contribution < 1.29 is 9.53 Å². The Bertz CT molecular complexity index is 755. The molecule has 2 aromatic rings. The lowest BCUT2D eigenvalue weighted by molar-refractivity contribution is 0.0760. The van der Waals surface area contributed by atoms with Gasteiger partial charge < -0.3 is 9.64 Å². The average molecular weight is 352 g/mol. The van der Waals surface area contributed by atoms with Gasteiger partial charge in [-0.3, -0.25) is 9.69 Å². The van der Waals surface area contributed by atoms with Gasteiger partial charge in [0.2, 0.25) is 0 Å². The van der Waals surface area contributed by atoms with E-state index in [2.05, 4.69) is 30.0 Å². The monoisotopic (exact) mass is 352 g/mol. The normalized spacial score (nSPS) is 15.6. The van der Waals surface area contributed by atoms with Crippen molar-refractivity contribution in [3.05, 3.63) is 64.7 Å². The number of rotatable bonds is 4. The predicted octanol–water partition coefficient (Wildman–Crippen LogP) is 3.66. The Morgan fingerprint density at radius 1 is 1.00 bits per heavy atom. The topological polar surface area (TPSA) is 32.8 Å². The maximum atomic E-state index is 13.0. The van der Waals surface area contributed by atoms with Gasteiger partial charge in [0.05, 0.1) is 7.11 Å². The highest BCUT2D eigenvalue weighted by molar-refractivity contribution is 5.96. The highest BCUT2D eigenvalue weighted by Gasteiger charge is 2.21. The number of nitrogens with zero attached hydrogens (tertiary/aromatic N) is 2. The van der Waals surface area contributed by atoms with Crippen LogP contribution >= 0.6 is 0 Å². The van der Waals surface area contributed by atoms with E-state index in [4.69, 9.17) is 4.74 Å². The molecule has 0 N–H and O–H groups in total. The largest absolute Gasteiger partial charge is 0.497 e. The molecule has 1 saturated heterocycles. The molecule has 3 rings (SSSR count). The van der Waals surface area contributed by atoms with Crippen LogP contribution in [0.1, 0.15) is 33.5 Å². The molecule has 1 aliphatic heterocycles. The quantitative estimate of drug-likeness (QED) is 0.842. The molecule has 0 radical (unpaired) electrons. The van der Waals surface area contributed by atoms with Crippen molar-refractivity contribution >= 4 is 5.91 Å². The maximum absolute atomic E-state index is 13.0. The van der Waals surface area contributed by atoms with Crippen molar-refractivity contribution in [2.45, 2.75) is 26.8 Å². The fourth-order valence-corrected chi connectivity index (χ4v) is 3.47. The van der Waals surface area contributed by atoms with Crippen LogP contribution in [0.25, 0.3) is 0 Å². The van der Waals surface area contributed by atoms with E-state index < -0.39 is 0 Å². The van der Waals surface area contributed by atoms with Crippen LogP contribution in [0.2, 0.25) is 0 Å². The van der Waals surface area contributed by atoms with Crippen LogP contribution < -0.4 is 4.74 Å². The Kier molecular flexibility index (Phi) is 5.94. The summed E-state index contributed by atoms with van der Waals surface area (Å²) in [5.41, 5.74) is 4.39. The lowest BCUT2D eigenvalue weighted by atomic mass is 10.0. The van der Waals surface area contributed by atoms with Crippen LogP contribution in [0.5, 0.6) is 5.75 Å². The number of carbonyl (C=O) groups excluding carboxylic acids is 1. The summed E-state index contributed by atoms with van der Waals surface area (Å²) >= 11 is 0. The van der Waals surface area contributed by atoms with Gasteiger partial charge in [0, 0.05) is 38.3 Å². The SMILES string of the molecule is COc1ccc(CN2CCCN(C(=O)c3cccc(C)c3C)CC2)cc1. The van der Waals surface area contributed by atoms with E-state index in [9.17, 15) is 4.79 Å². The minimum atomic E-state index is 0.164. The molecule has 4 nitrogen and oxygen atoms in total. The fraction of sp³-hybridized carbons (Fsp3) is 0.409. The molecule has 26 heavy (non-hydrogen) atoms. The minimum Gasteiger partial charge on any atom is -0.497 e. The number of methoxy groups -OCH3 is 1. The molecule has 0 aromatic heterocycles. The Hall–Kier alpha value is -2.33. The van der Waals surface area contributed by atoms with Crippen LogP contribution in [0.4, 0.5) is 0 Å². The van der Waals surface area contributed by atoms with Crippen molar-refractivity contribution in [2.24, 2.45) is 0 Å². The number of benzene rings is 2. The zero-order chi connectivity index (χ0) is 18.5. The molecule has 1 amide bonds. The molecule has 0 aliphatic carbocycles. The molecular weight excluding hydrogens is 324 g/mol. The smallest absolute Gasteiger partial charge is 0.254 e. The van der Waals surface area contributed by atoms with Crippen molar-refractivity contribution in [1.29, 1.82) is 0 Å². The van der Waals surface area contributed by atoms with Gasteiger partial charge in [-0.2, -0.15) is 0 Å². The average Bonchev–Trinajstić information content (AvgIpc) is 2.90. The number of hydrogen-bond acceptors (Lipinski definition) is 3. The Morgan fingerprint density at radius 2 is 1.77 bits per heavy atom. The van der Waals surface area contributed by atoms with Gasteiger partial charge in [0.1, 0.15) is 5.75 Å². The van der Waals surface area contributed by atoms with E-state index in [1.807, 2.05) is 36.1 Å². The summed E-state index contributed by atoms with van der Waals surface area (Å²) in [4.78, 5) is 17.4. The van der Waals surface area contributed by atoms with E-state index in [1.165, 1.54) is 11.1 Å². The third kappa shape index (κ3) is 4.25. The van der Waals surface area contributed by atoms with Crippen LogP contribution in [-0.4, -0.2) is 49.0 Å². The van der Waals surface area contributed by atoms with Crippen LogP contribution in [0.3, 0.4) is 0 Å². The Morgan fingerprint density at radius 3 is 2.50 bits per heavy atom. The van der Waals surface area contributed by atoms with Crippen LogP contribution in [-0.2, 0) is 6.54 Å². The standard InChI is InChI=1S/C22H28N2O2/c1-17-6-4-7-21(18(17)2)22(25)24-13-5-12-23(14-15-24)16-19-8-10-20(26-3)11-9-19/h4,6-11H,5,12-16H2,1-3H3. The van der Waals surface area contributed by atoms with Gasteiger partial charge in [-0.1, -0.05) is 24.3 Å². The summed E-state index contributed by atoms with van der Waals surface area (Å²) in [6.07, 6.45) is 1.01. The Labute approximate surface area is 156 Å². The molecule has 0 unspecified atom stereocenters. The van der Waals surface area contributed by atoms with E-state index >= 15 is 0 Å². The lowest BCUT2D eigenvalue weighted by Crippen LogP contribution is -2.35. The van der Waals surface area contributed by atoms with Gasteiger partial charge in [0.15, 0.2) is 0 Å². The number of amides is 1. The first-order chi connectivity index (χ1) is 12.6. The summed E-state index contributed by atoms with van der Waals surface area (Å²) in [6, 6.07) is 14.2. The lowest BCUT2D eigenvalue weighted by Gasteiger charge is -2.23. The molecule has 0 spiro atoms. The van der Waals surface area contributed by atoms with Crippen molar-refractivity contribution in [1.82, 2.24) is 9.80 Å².